The highest BCUT2D eigenvalue weighted by Crippen LogP contribution is 2.30. The summed E-state index contributed by atoms with van der Waals surface area (Å²) in [5.41, 5.74) is 0. The molecule has 3 heteroatoms. The summed E-state index contributed by atoms with van der Waals surface area (Å²) in [6.45, 7) is 7.34. The van der Waals surface area contributed by atoms with E-state index in [9.17, 15) is 4.79 Å². The predicted molar refractivity (Wildman–Crippen MR) is 69.5 cm³/mol. The van der Waals surface area contributed by atoms with Gasteiger partial charge in [0, 0.05) is 6.54 Å². The highest BCUT2D eigenvalue weighted by atomic mass is 16.2. The van der Waals surface area contributed by atoms with Gasteiger partial charge in [-0.3, -0.25) is 10.1 Å². The smallest absolute Gasteiger partial charge is 0.240 e. The van der Waals surface area contributed by atoms with E-state index in [1.807, 2.05) is 11.8 Å². The molecule has 2 unspecified atom stereocenters. The Kier molecular flexibility index (Phi) is 4.08. The molecule has 2 aliphatic rings. The van der Waals surface area contributed by atoms with Crippen molar-refractivity contribution in [3.8, 4) is 0 Å². The van der Waals surface area contributed by atoms with E-state index in [0.29, 0.717) is 0 Å². The standard InChI is InChI=1S/C14H26N2O/c1-10-4-6-13(7-5-10)8-9-16-12(3)15-11(2)14(16)17/h10-13,15H,4-9H2,1-3H3. The molecule has 1 aliphatic heterocycles. The van der Waals surface area contributed by atoms with E-state index in [0.717, 1.165) is 18.4 Å². The molecule has 0 bridgehead atoms. The first-order valence-electron chi connectivity index (χ1n) is 7.14. The summed E-state index contributed by atoms with van der Waals surface area (Å²) in [6, 6.07) is 0.0105. The van der Waals surface area contributed by atoms with Gasteiger partial charge in [-0.05, 0) is 32.1 Å². The van der Waals surface area contributed by atoms with Crippen LogP contribution in [0.4, 0.5) is 0 Å². The third-order valence-corrected chi connectivity index (χ3v) is 4.53. The third kappa shape index (κ3) is 3.01. The van der Waals surface area contributed by atoms with Crippen LogP contribution in [0, 0.1) is 11.8 Å². The number of hydrogen-bond donors (Lipinski definition) is 1. The van der Waals surface area contributed by atoms with Crippen molar-refractivity contribution in [1.29, 1.82) is 0 Å². The van der Waals surface area contributed by atoms with Gasteiger partial charge >= 0.3 is 0 Å². The van der Waals surface area contributed by atoms with Crippen LogP contribution in [-0.2, 0) is 4.79 Å². The largest absolute Gasteiger partial charge is 0.326 e. The van der Waals surface area contributed by atoms with Crippen LogP contribution in [-0.4, -0.2) is 29.6 Å². The first kappa shape index (κ1) is 12.9. The van der Waals surface area contributed by atoms with Gasteiger partial charge in [0.15, 0.2) is 0 Å². The van der Waals surface area contributed by atoms with Gasteiger partial charge in [-0.25, -0.2) is 0 Å². The molecule has 1 amide bonds. The zero-order valence-corrected chi connectivity index (χ0v) is 11.4. The number of rotatable bonds is 3. The number of nitrogens with zero attached hydrogens (tertiary/aromatic N) is 1. The zero-order valence-electron chi connectivity index (χ0n) is 11.4. The van der Waals surface area contributed by atoms with E-state index >= 15 is 0 Å². The van der Waals surface area contributed by atoms with Gasteiger partial charge in [0.05, 0.1) is 12.2 Å². The van der Waals surface area contributed by atoms with E-state index in [1.54, 1.807) is 0 Å². The molecule has 2 atom stereocenters. The minimum atomic E-state index is 0.0105. The normalized spacial score (nSPS) is 38.8. The fourth-order valence-electron chi connectivity index (χ4n) is 3.21. The zero-order chi connectivity index (χ0) is 12.4. The van der Waals surface area contributed by atoms with Crippen molar-refractivity contribution in [1.82, 2.24) is 10.2 Å². The van der Waals surface area contributed by atoms with Crippen LogP contribution in [0.15, 0.2) is 0 Å². The summed E-state index contributed by atoms with van der Waals surface area (Å²) in [6.07, 6.45) is 6.89. The van der Waals surface area contributed by atoms with E-state index in [2.05, 4.69) is 19.2 Å². The Labute approximate surface area is 105 Å². The lowest BCUT2D eigenvalue weighted by molar-refractivity contribution is -0.129. The van der Waals surface area contributed by atoms with Gasteiger partial charge in [-0.2, -0.15) is 0 Å². The summed E-state index contributed by atoms with van der Waals surface area (Å²) in [7, 11) is 0. The number of amides is 1. The van der Waals surface area contributed by atoms with Gasteiger partial charge in [0.2, 0.25) is 5.91 Å². The molecule has 2 rings (SSSR count). The van der Waals surface area contributed by atoms with E-state index < -0.39 is 0 Å². The quantitative estimate of drug-likeness (QED) is 0.818. The molecule has 0 aromatic heterocycles. The van der Waals surface area contributed by atoms with Gasteiger partial charge in [-0.15, -0.1) is 0 Å². The Morgan fingerprint density at radius 2 is 1.82 bits per heavy atom. The fraction of sp³-hybridized carbons (Fsp3) is 0.929. The third-order valence-electron chi connectivity index (χ3n) is 4.53. The van der Waals surface area contributed by atoms with Crippen LogP contribution in [0.2, 0.25) is 0 Å². The maximum Gasteiger partial charge on any atom is 0.240 e. The van der Waals surface area contributed by atoms with Crippen molar-refractivity contribution in [3.05, 3.63) is 0 Å². The van der Waals surface area contributed by atoms with Crippen LogP contribution < -0.4 is 5.32 Å². The van der Waals surface area contributed by atoms with E-state index in [1.165, 1.54) is 32.1 Å². The fourth-order valence-corrected chi connectivity index (χ4v) is 3.21. The Bertz CT molecular complexity index is 271. The highest BCUT2D eigenvalue weighted by Gasteiger charge is 2.33. The average molecular weight is 238 g/mol. The predicted octanol–water partition coefficient (Wildman–Crippen LogP) is 2.37. The molecule has 0 spiro atoms. The summed E-state index contributed by atoms with van der Waals surface area (Å²) in [5.74, 6) is 2.05. The summed E-state index contributed by atoms with van der Waals surface area (Å²) in [4.78, 5) is 13.9. The Morgan fingerprint density at radius 1 is 1.18 bits per heavy atom. The topological polar surface area (TPSA) is 32.3 Å². The maximum atomic E-state index is 11.9. The first-order chi connectivity index (χ1) is 8.08. The molecular weight excluding hydrogens is 212 g/mol. The monoisotopic (exact) mass is 238 g/mol. The molecular formula is C14H26N2O. The second kappa shape index (κ2) is 5.38. The summed E-state index contributed by atoms with van der Waals surface area (Å²) < 4.78 is 0. The maximum absolute atomic E-state index is 11.9. The van der Waals surface area contributed by atoms with Crippen LogP contribution in [0.1, 0.15) is 52.9 Å². The van der Waals surface area contributed by atoms with Gasteiger partial charge in [-0.1, -0.05) is 32.6 Å². The molecule has 1 aliphatic carbocycles. The van der Waals surface area contributed by atoms with Crippen molar-refractivity contribution < 1.29 is 4.79 Å². The van der Waals surface area contributed by atoms with Crippen LogP contribution in [0.3, 0.4) is 0 Å². The van der Waals surface area contributed by atoms with Gasteiger partial charge in [0.25, 0.3) is 0 Å². The summed E-state index contributed by atoms with van der Waals surface area (Å²) in [5, 5.41) is 3.29. The molecule has 1 saturated carbocycles. The second-order valence-electron chi connectivity index (χ2n) is 6.01. The Morgan fingerprint density at radius 3 is 2.35 bits per heavy atom. The van der Waals surface area contributed by atoms with E-state index in [4.69, 9.17) is 0 Å². The summed E-state index contributed by atoms with van der Waals surface area (Å²) >= 11 is 0. The van der Waals surface area contributed by atoms with Crippen molar-refractivity contribution in [3.63, 3.8) is 0 Å². The molecule has 0 radical (unpaired) electrons. The number of carbonyl (C=O) groups is 1. The number of carbonyl (C=O) groups excluding carboxylic acids is 1. The lowest BCUT2D eigenvalue weighted by Gasteiger charge is -2.28. The highest BCUT2D eigenvalue weighted by molar-refractivity contribution is 5.83. The van der Waals surface area contributed by atoms with Crippen molar-refractivity contribution >= 4 is 5.91 Å². The molecule has 2 fully saturated rings. The average Bonchev–Trinajstić information content (AvgIpc) is 2.54. The van der Waals surface area contributed by atoms with Crippen LogP contribution >= 0.6 is 0 Å². The van der Waals surface area contributed by atoms with Gasteiger partial charge in [0.1, 0.15) is 0 Å². The minimum Gasteiger partial charge on any atom is -0.326 e. The lowest BCUT2D eigenvalue weighted by Crippen LogP contribution is -2.36. The SMILES string of the molecule is CC1CCC(CCN2C(=O)C(C)NC2C)CC1. The van der Waals surface area contributed by atoms with Crippen LogP contribution in [0.5, 0.6) is 0 Å². The first-order valence-corrected chi connectivity index (χ1v) is 7.14. The Hall–Kier alpha value is -0.570. The second-order valence-corrected chi connectivity index (χ2v) is 6.01. The van der Waals surface area contributed by atoms with E-state index in [-0.39, 0.29) is 18.1 Å². The van der Waals surface area contributed by atoms with Crippen molar-refractivity contribution in [2.24, 2.45) is 11.8 Å². The molecule has 1 heterocycles. The lowest BCUT2D eigenvalue weighted by atomic mass is 9.81. The molecule has 1 saturated heterocycles. The molecule has 17 heavy (non-hydrogen) atoms. The molecule has 98 valence electrons. The Balaban J connectivity index is 1.76. The van der Waals surface area contributed by atoms with Crippen molar-refractivity contribution in [2.75, 3.05) is 6.54 Å². The van der Waals surface area contributed by atoms with Crippen LogP contribution in [0.25, 0.3) is 0 Å². The molecule has 0 aromatic carbocycles. The number of nitrogens with one attached hydrogen (secondary N) is 1. The molecule has 0 aromatic rings. The number of hydrogen-bond acceptors (Lipinski definition) is 2. The molecule has 3 nitrogen and oxygen atoms in total. The minimum absolute atomic E-state index is 0.0105. The van der Waals surface area contributed by atoms with Gasteiger partial charge < -0.3 is 4.90 Å². The molecule has 1 N–H and O–H groups in total. The van der Waals surface area contributed by atoms with Crippen molar-refractivity contribution in [2.45, 2.75) is 65.1 Å².